The SMILES string of the molecule is CC(C)c1noc(-c2ncn3c2C(C)(C)N(C(=O)N2CCCC2)c2cc(Cl)ccc2-3)n1. The summed E-state index contributed by atoms with van der Waals surface area (Å²) >= 11 is 6.35. The van der Waals surface area contributed by atoms with Crippen LogP contribution >= 0.6 is 11.6 Å². The molecule has 1 fully saturated rings. The van der Waals surface area contributed by atoms with Crippen LogP contribution in [-0.4, -0.2) is 43.7 Å². The van der Waals surface area contributed by atoms with Crippen LogP contribution in [0.25, 0.3) is 17.3 Å². The molecular formula is C22H25ClN6O2. The highest BCUT2D eigenvalue weighted by Crippen LogP contribution is 2.46. The highest BCUT2D eigenvalue weighted by molar-refractivity contribution is 6.31. The average Bonchev–Trinajstić information content (AvgIpc) is 3.46. The number of halogens is 1. The largest absolute Gasteiger partial charge is 0.332 e. The molecule has 0 bridgehead atoms. The fourth-order valence-corrected chi connectivity index (χ4v) is 4.68. The Morgan fingerprint density at radius 3 is 2.61 bits per heavy atom. The summed E-state index contributed by atoms with van der Waals surface area (Å²) in [5.41, 5.74) is 2.29. The number of likely N-dealkylation sites (tertiary alicyclic amines) is 1. The minimum atomic E-state index is -0.727. The molecule has 1 aromatic carbocycles. The second kappa shape index (κ2) is 7.09. The van der Waals surface area contributed by atoms with Crippen LogP contribution in [0, 0.1) is 0 Å². The summed E-state index contributed by atoms with van der Waals surface area (Å²) in [4.78, 5) is 26.6. The molecule has 0 unspecified atom stereocenters. The molecule has 162 valence electrons. The van der Waals surface area contributed by atoms with Crippen molar-refractivity contribution >= 4 is 23.3 Å². The summed E-state index contributed by atoms with van der Waals surface area (Å²) < 4.78 is 7.55. The van der Waals surface area contributed by atoms with Crippen molar-refractivity contribution in [2.45, 2.75) is 52.0 Å². The number of carbonyl (C=O) groups is 1. The molecule has 0 aliphatic carbocycles. The Bertz CT molecular complexity index is 1160. The van der Waals surface area contributed by atoms with Gasteiger partial charge in [0.15, 0.2) is 11.5 Å². The van der Waals surface area contributed by atoms with E-state index in [1.165, 1.54) is 0 Å². The molecule has 0 spiro atoms. The van der Waals surface area contributed by atoms with Crippen LogP contribution in [0.1, 0.15) is 58.0 Å². The molecule has 1 saturated heterocycles. The highest BCUT2D eigenvalue weighted by Gasteiger charge is 2.46. The normalized spacial score (nSPS) is 17.2. The Kier molecular flexibility index (Phi) is 4.58. The van der Waals surface area contributed by atoms with Crippen LogP contribution in [0.15, 0.2) is 29.0 Å². The van der Waals surface area contributed by atoms with E-state index in [4.69, 9.17) is 16.1 Å². The molecule has 9 heteroatoms. The summed E-state index contributed by atoms with van der Waals surface area (Å²) in [5, 5.41) is 4.68. The lowest BCUT2D eigenvalue weighted by Gasteiger charge is -2.45. The summed E-state index contributed by atoms with van der Waals surface area (Å²) in [7, 11) is 0. The van der Waals surface area contributed by atoms with Crippen LogP contribution < -0.4 is 4.90 Å². The smallest absolute Gasteiger partial charge is 0.325 e. The molecule has 2 aliphatic heterocycles. The van der Waals surface area contributed by atoms with Crippen LogP contribution in [-0.2, 0) is 5.54 Å². The first-order valence-corrected chi connectivity index (χ1v) is 11.0. The molecule has 4 heterocycles. The monoisotopic (exact) mass is 440 g/mol. The van der Waals surface area contributed by atoms with Gasteiger partial charge in [0, 0.05) is 24.0 Å². The van der Waals surface area contributed by atoms with Gasteiger partial charge in [0.2, 0.25) is 0 Å². The van der Waals surface area contributed by atoms with E-state index in [2.05, 4.69) is 15.1 Å². The predicted molar refractivity (Wildman–Crippen MR) is 118 cm³/mol. The van der Waals surface area contributed by atoms with Gasteiger partial charge in [0.1, 0.15) is 6.33 Å². The number of anilines is 1. The topological polar surface area (TPSA) is 80.3 Å². The van der Waals surface area contributed by atoms with Crippen molar-refractivity contribution < 1.29 is 9.32 Å². The molecule has 0 saturated carbocycles. The van der Waals surface area contributed by atoms with Gasteiger partial charge in [-0.2, -0.15) is 4.98 Å². The fraction of sp³-hybridized carbons (Fsp3) is 0.455. The Balaban J connectivity index is 1.71. The standard InChI is InChI=1S/C22H25ClN6O2/c1-13(2)19-25-20(31-26-19)17-18-22(3,4)29(21(30)27-9-5-6-10-27)16-11-14(23)7-8-15(16)28(18)12-24-17/h7-8,11-13H,5-6,9-10H2,1-4H3. The third kappa shape index (κ3) is 3.04. The lowest BCUT2D eigenvalue weighted by Crippen LogP contribution is -2.54. The van der Waals surface area contributed by atoms with Gasteiger partial charge < -0.3 is 9.42 Å². The molecule has 2 aliphatic rings. The van der Waals surface area contributed by atoms with E-state index in [1.54, 1.807) is 6.33 Å². The summed E-state index contributed by atoms with van der Waals surface area (Å²) in [6, 6.07) is 5.56. The zero-order valence-electron chi connectivity index (χ0n) is 18.1. The molecule has 0 N–H and O–H groups in total. The Hall–Kier alpha value is -2.87. The lowest BCUT2D eigenvalue weighted by atomic mass is 9.92. The van der Waals surface area contributed by atoms with E-state index in [0.717, 1.165) is 43.0 Å². The van der Waals surface area contributed by atoms with Crippen molar-refractivity contribution in [1.82, 2.24) is 24.6 Å². The summed E-state index contributed by atoms with van der Waals surface area (Å²) in [5.74, 6) is 1.12. The fourth-order valence-electron chi connectivity index (χ4n) is 4.52. The molecule has 2 aromatic heterocycles. The quantitative estimate of drug-likeness (QED) is 0.562. The van der Waals surface area contributed by atoms with Gasteiger partial charge >= 0.3 is 6.03 Å². The summed E-state index contributed by atoms with van der Waals surface area (Å²) in [6.45, 7) is 9.57. The molecule has 0 radical (unpaired) electrons. The number of fused-ring (bicyclic) bond motifs is 3. The number of hydrogen-bond donors (Lipinski definition) is 0. The van der Waals surface area contributed by atoms with Crippen molar-refractivity contribution in [1.29, 1.82) is 0 Å². The van der Waals surface area contributed by atoms with Crippen LogP contribution in [0.2, 0.25) is 5.02 Å². The minimum absolute atomic E-state index is 0.0298. The second-order valence-electron chi connectivity index (χ2n) is 8.93. The van der Waals surface area contributed by atoms with E-state index >= 15 is 0 Å². The van der Waals surface area contributed by atoms with E-state index in [0.29, 0.717) is 22.4 Å². The molecule has 0 atom stereocenters. The van der Waals surface area contributed by atoms with E-state index in [1.807, 2.05) is 60.3 Å². The van der Waals surface area contributed by atoms with Crippen molar-refractivity contribution in [3.63, 3.8) is 0 Å². The maximum atomic E-state index is 13.7. The van der Waals surface area contributed by atoms with Gasteiger partial charge in [0.25, 0.3) is 5.89 Å². The molecule has 2 amide bonds. The minimum Gasteiger partial charge on any atom is -0.332 e. The van der Waals surface area contributed by atoms with E-state index in [9.17, 15) is 4.79 Å². The average molecular weight is 441 g/mol. The van der Waals surface area contributed by atoms with E-state index < -0.39 is 5.54 Å². The number of amides is 2. The molecule has 3 aromatic rings. The maximum Gasteiger partial charge on any atom is 0.325 e. The van der Waals surface area contributed by atoms with Crippen molar-refractivity contribution in [3.8, 4) is 17.3 Å². The first-order valence-electron chi connectivity index (χ1n) is 10.6. The van der Waals surface area contributed by atoms with Crippen LogP contribution in [0.3, 0.4) is 0 Å². The van der Waals surface area contributed by atoms with Crippen molar-refractivity contribution in [3.05, 3.63) is 41.1 Å². The molecule has 31 heavy (non-hydrogen) atoms. The number of aromatic nitrogens is 4. The van der Waals surface area contributed by atoms with Gasteiger partial charge in [-0.15, -0.1) is 0 Å². The van der Waals surface area contributed by atoms with Gasteiger partial charge in [-0.3, -0.25) is 9.47 Å². The van der Waals surface area contributed by atoms with Gasteiger partial charge in [-0.05, 0) is 44.9 Å². The van der Waals surface area contributed by atoms with Crippen LogP contribution in [0.5, 0.6) is 0 Å². The molecule has 5 rings (SSSR count). The number of imidazole rings is 1. The number of benzene rings is 1. The van der Waals surface area contributed by atoms with Crippen LogP contribution in [0.4, 0.5) is 10.5 Å². The number of hydrogen-bond acceptors (Lipinski definition) is 5. The Labute approximate surface area is 185 Å². The third-order valence-corrected chi connectivity index (χ3v) is 6.31. The van der Waals surface area contributed by atoms with Gasteiger partial charge in [-0.1, -0.05) is 30.6 Å². The van der Waals surface area contributed by atoms with E-state index in [-0.39, 0.29) is 11.9 Å². The number of carbonyl (C=O) groups excluding carboxylic acids is 1. The number of rotatable bonds is 2. The third-order valence-electron chi connectivity index (χ3n) is 6.07. The summed E-state index contributed by atoms with van der Waals surface area (Å²) in [6.07, 6.45) is 3.78. The number of nitrogens with zero attached hydrogens (tertiary/aromatic N) is 6. The van der Waals surface area contributed by atoms with Crippen molar-refractivity contribution in [2.75, 3.05) is 18.0 Å². The van der Waals surface area contributed by atoms with Crippen molar-refractivity contribution in [2.24, 2.45) is 0 Å². The Morgan fingerprint density at radius 1 is 1.19 bits per heavy atom. The zero-order valence-corrected chi connectivity index (χ0v) is 18.8. The Morgan fingerprint density at radius 2 is 1.94 bits per heavy atom. The van der Waals surface area contributed by atoms with Gasteiger partial charge in [-0.25, -0.2) is 9.78 Å². The maximum absolute atomic E-state index is 13.7. The first-order chi connectivity index (χ1) is 14.8. The predicted octanol–water partition coefficient (Wildman–Crippen LogP) is 4.97. The second-order valence-corrected chi connectivity index (χ2v) is 9.36. The highest BCUT2D eigenvalue weighted by atomic mass is 35.5. The number of urea groups is 1. The zero-order chi connectivity index (χ0) is 21.9. The lowest BCUT2D eigenvalue weighted by molar-refractivity contribution is 0.207. The molecule has 8 nitrogen and oxygen atoms in total. The first kappa shape index (κ1) is 20.1. The molecular weight excluding hydrogens is 416 g/mol. The van der Waals surface area contributed by atoms with Gasteiger partial charge in [0.05, 0.1) is 22.6 Å².